The summed E-state index contributed by atoms with van der Waals surface area (Å²) < 4.78 is 9.31. The van der Waals surface area contributed by atoms with Gasteiger partial charge in [0.1, 0.15) is 0 Å². The number of ether oxygens (including phenoxy) is 2. The van der Waals surface area contributed by atoms with Gasteiger partial charge in [-0.15, -0.1) is 0 Å². The standard InChI is InChI=1S/C10H18O4/c1-8(11)14-10(12)13-7-9-5-3-2-4-6-9/h8-9,11H,2-7H2,1H3. The van der Waals surface area contributed by atoms with E-state index < -0.39 is 12.4 Å². The molecule has 1 aliphatic carbocycles. The quantitative estimate of drug-likeness (QED) is 0.562. The zero-order valence-corrected chi connectivity index (χ0v) is 8.57. The first-order valence-electron chi connectivity index (χ1n) is 5.20. The van der Waals surface area contributed by atoms with Gasteiger partial charge in [0.05, 0.1) is 6.61 Å². The fraction of sp³-hybridized carbons (Fsp3) is 0.900. The van der Waals surface area contributed by atoms with Crippen LogP contribution in [0.25, 0.3) is 0 Å². The molecule has 1 unspecified atom stereocenters. The van der Waals surface area contributed by atoms with Crippen molar-refractivity contribution in [3.8, 4) is 0 Å². The van der Waals surface area contributed by atoms with Crippen LogP contribution in [-0.4, -0.2) is 24.2 Å². The molecule has 1 saturated carbocycles. The van der Waals surface area contributed by atoms with Crippen molar-refractivity contribution in [1.29, 1.82) is 0 Å². The maximum absolute atomic E-state index is 10.9. The van der Waals surface area contributed by atoms with Crippen molar-refractivity contribution in [2.24, 2.45) is 5.92 Å². The van der Waals surface area contributed by atoms with E-state index >= 15 is 0 Å². The summed E-state index contributed by atoms with van der Waals surface area (Å²) >= 11 is 0. The number of rotatable bonds is 3. The van der Waals surface area contributed by atoms with E-state index in [1.54, 1.807) is 0 Å². The molecule has 1 aliphatic rings. The van der Waals surface area contributed by atoms with Gasteiger partial charge in [-0.1, -0.05) is 19.3 Å². The van der Waals surface area contributed by atoms with Crippen LogP contribution in [0.3, 0.4) is 0 Å². The van der Waals surface area contributed by atoms with Gasteiger partial charge >= 0.3 is 6.16 Å². The second kappa shape index (κ2) is 5.86. The number of aliphatic hydroxyl groups excluding tert-OH is 1. The van der Waals surface area contributed by atoms with Crippen LogP contribution in [-0.2, 0) is 9.47 Å². The van der Waals surface area contributed by atoms with E-state index in [4.69, 9.17) is 9.84 Å². The smallest absolute Gasteiger partial charge is 0.434 e. The van der Waals surface area contributed by atoms with Crippen LogP contribution in [0.5, 0.6) is 0 Å². The number of hydrogen-bond donors (Lipinski definition) is 1. The van der Waals surface area contributed by atoms with Gasteiger partial charge in [0.25, 0.3) is 0 Å². The summed E-state index contributed by atoms with van der Waals surface area (Å²) in [5.41, 5.74) is 0. The van der Waals surface area contributed by atoms with Crippen molar-refractivity contribution in [3.05, 3.63) is 0 Å². The highest BCUT2D eigenvalue weighted by Crippen LogP contribution is 2.23. The molecule has 1 rings (SSSR count). The second-order valence-electron chi connectivity index (χ2n) is 3.78. The Bertz CT molecular complexity index is 173. The van der Waals surface area contributed by atoms with Crippen LogP contribution in [0.2, 0.25) is 0 Å². The van der Waals surface area contributed by atoms with Crippen LogP contribution < -0.4 is 0 Å². The molecule has 14 heavy (non-hydrogen) atoms. The molecule has 1 N–H and O–H groups in total. The van der Waals surface area contributed by atoms with Gasteiger partial charge in [0.2, 0.25) is 6.29 Å². The molecule has 1 fully saturated rings. The third-order valence-electron chi connectivity index (χ3n) is 2.43. The Morgan fingerprint density at radius 2 is 2.07 bits per heavy atom. The molecule has 4 heteroatoms. The molecule has 0 saturated heterocycles. The third-order valence-corrected chi connectivity index (χ3v) is 2.43. The van der Waals surface area contributed by atoms with Crippen LogP contribution in [0.15, 0.2) is 0 Å². The molecule has 0 amide bonds. The second-order valence-corrected chi connectivity index (χ2v) is 3.78. The van der Waals surface area contributed by atoms with Crippen molar-refractivity contribution in [1.82, 2.24) is 0 Å². The fourth-order valence-corrected chi connectivity index (χ4v) is 1.71. The highest BCUT2D eigenvalue weighted by molar-refractivity contribution is 5.59. The van der Waals surface area contributed by atoms with Crippen molar-refractivity contribution in [3.63, 3.8) is 0 Å². The van der Waals surface area contributed by atoms with E-state index in [1.165, 1.54) is 26.2 Å². The lowest BCUT2D eigenvalue weighted by Crippen LogP contribution is -2.20. The van der Waals surface area contributed by atoms with E-state index in [0.29, 0.717) is 12.5 Å². The lowest BCUT2D eigenvalue weighted by molar-refractivity contribution is -0.0716. The maximum Gasteiger partial charge on any atom is 0.510 e. The molecule has 0 aromatic heterocycles. The predicted octanol–water partition coefficient (Wildman–Crippen LogP) is 2.06. The Balaban J connectivity index is 2.09. The summed E-state index contributed by atoms with van der Waals surface area (Å²) in [6, 6.07) is 0. The van der Waals surface area contributed by atoms with Crippen molar-refractivity contribution >= 4 is 6.16 Å². The van der Waals surface area contributed by atoms with Crippen LogP contribution in [0.4, 0.5) is 4.79 Å². The summed E-state index contributed by atoms with van der Waals surface area (Å²) in [5, 5.41) is 8.74. The molecule has 0 aliphatic heterocycles. The summed E-state index contributed by atoms with van der Waals surface area (Å²) in [7, 11) is 0. The van der Waals surface area contributed by atoms with E-state index in [0.717, 1.165) is 12.8 Å². The first kappa shape index (κ1) is 11.3. The molecule has 0 spiro atoms. The lowest BCUT2D eigenvalue weighted by Gasteiger charge is -2.20. The SMILES string of the molecule is CC(O)OC(=O)OCC1CCCCC1. The average Bonchev–Trinajstić information content (AvgIpc) is 2.15. The van der Waals surface area contributed by atoms with E-state index in [-0.39, 0.29) is 0 Å². The Labute approximate surface area is 84.2 Å². The summed E-state index contributed by atoms with van der Waals surface area (Å²) in [6.07, 6.45) is 4.12. The Hall–Kier alpha value is -0.770. The zero-order chi connectivity index (χ0) is 10.4. The number of carbonyl (C=O) groups excluding carboxylic acids is 1. The first-order valence-corrected chi connectivity index (χ1v) is 5.20. The van der Waals surface area contributed by atoms with Gasteiger partial charge in [0, 0.05) is 0 Å². The molecular weight excluding hydrogens is 184 g/mol. The molecule has 0 aromatic rings. The van der Waals surface area contributed by atoms with E-state index in [2.05, 4.69) is 4.74 Å². The van der Waals surface area contributed by atoms with Gasteiger partial charge in [0.15, 0.2) is 0 Å². The summed E-state index contributed by atoms with van der Waals surface area (Å²) in [5.74, 6) is 0.477. The topological polar surface area (TPSA) is 55.8 Å². The number of aliphatic hydroxyl groups is 1. The lowest BCUT2D eigenvalue weighted by atomic mass is 9.90. The maximum atomic E-state index is 10.9. The van der Waals surface area contributed by atoms with E-state index in [9.17, 15) is 4.79 Å². The van der Waals surface area contributed by atoms with Gasteiger partial charge in [-0.25, -0.2) is 4.79 Å². The molecule has 82 valence electrons. The Morgan fingerprint density at radius 1 is 1.43 bits per heavy atom. The van der Waals surface area contributed by atoms with Crippen LogP contribution >= 0.6 is 0 Å². The minimum atomic E-state index is -1.09. The van der Waals surface area contributed by atoms with Crippen molar-refractivity contribution < 1.29 is 19.4 Å². The van der Waals surface area contributed by atoms with E-state index in [1.807, 2.05) is 0 Å². The molecule has 0 bridgehead atoms. The highest BCUT2D eigenvalue weighted by atomic mass is 16.8. The number of carbonyl (C=O) groups is 1. The van der Waals surface area contributed by atoms with Gasteiger partial charge in [-0.3, -0.25) is 0 Å². The summed E-state index contributed by atoms with van der Waals surface area (Å²) in [6.45, 7) is 1.80. The largest absolute Gasteiger partial charge is 0.510 e. The zero-order valence-electron chi connectivity index (χ0n) is 8.57. The molecule has 4 nitrogen and oxygen atoms in total. The molecule has 0 heterocycles. The molecule has 1 atom stereocenters. The fourth-order valence-electron chi connectivity index (χ4n) is 1.71. The van der Waals surface area contributed by atoms with Crippen LogP contribution in [0, 0.1) is 5.92 Å². The highest BCUT2D eigenvalue weighted by Gasteiger charge is 2.16. The summed E-state index contributed by atoms with van der Waals surface area (Å²) in [4.78, 5) is 10.9. The van der Waals surface area contributed by atoms with Crippen LogP contribution in [0.1, 0.15) is 39.0 Å². The average molecular weight is 202 g/mol. The van der Waals surface area contributed by atoms with Gasteiger partial charge in [-0.05, 0) is 25.7 Å². The molecular formula is C10H18O4. The molecule has 0 radical (unpaired) electrons. The third kappa shape index (κ3) is 4.46. The normalized spacial score (nSPS) is 20.1. The molecule has 0 aromatic carbocycles. The Morgan fingerprint density at radius 3 is 2.64 bits per heavy atom. The Kier molecular flexibility index (Phi) is 4.73. The minimum absolute atomic E-state index is 0.422. The first-order chi connectivity index (χ1) is 6.68. The number of hydrogen-bond acceptors (Lipinski definition) is 4. The van der Waals surface area contributed by atoms with Gasteiger partial charge in [-0.2, -0.15) is 0 Å². The van der Waals surface area contributed by atoms with Crippen molar-refractivity contribution in [2.45, 2.75) is 45.3 Å². The van der Waals surface area contributed by atoms with Crippen molar-refractivity contribution in [2.75, 3.05) is 6.61 Å². The predicted molar refractivity (Wildman–Crippen MR) is 50.7 cm³/mol. The monoisotopic (exact) mass is 202 g/mol. The van der Waals surface area contributed by atoms with Gasteiger partial charge < -0.3 is 14.6 Å². The minimum Gasteiger partial charge on any atom is -0.434 e.